The number of carbonyl (C=O) groups is 1. The fourth-order valence-electron chi connectivity index (χ4n) is 3.14. The summed E-state index contributed by atoms with van der Waals surface area (Å²) in [5, 5.41) is 4.30. The lowest BCUT2D eigenvalue weighted by atomic mass is 9.84. The van der Waals surface area contributed by atoms with Gasteiger partial charge in [0.1, 0.15) is 11.3 Å². The van der Waals surface area contributed by atoms with E-state index in [4.69, 9.17) is 14.2 Å². The van der Waals surface area contributed by atoms with Crippen molar-refractivity contribution < 1.29 is 19.0 Å². The molecule has 7 heteroatoms. The Kier molecular flexibility index (Phi) is 4.46. The minimum atomic E-state index is -0.215. The van der Waals surface area contributed by atoms with Gasteiger partial charge < -0.3 is 19.1 Å². The predicted molar refractivity (Wildman–Crippen MR) is 78.7 cm³/mol. The van der Waals surface area contributed by atoms with Gasteiger partial charge in [0, 0.05) is 33.4 Å². The van der Waals surface area contributed by atoms with Crippen LogP contribution in [0.5, 0.6) is 0 Å². The number of hydrogen-bond acceptors (Lipinski definition) is 5. The summed E-state index contributed by atoms with van der Waals surface area (Å²) in [4.78, 5) is 14.2. The summed E-state index contributed by atoms with van der Waals surface area (Å²) in [6.07, 6.45) is 3.82. The zero-order valence-electron chi connectivity index (χ0n) is 13.2. The zero-order valence-corrected chi connectivity index (χ0v) is 13.2. The quantitative estimate of drug-likeness (QED) is 0.795. The maximum atomic E-state index is 12.4. The van der Waals surface area contributed by atoms with Crippen molar-refractivity contribution >= 4 is 5.91 Å². The van der Waals surface area contributed by atoms with Crippen molar-refractivity contribution in [1.29, 1.82) is 0 Å². The van der Waals surface area contributed by atoms with Crippen LogP contribution >= 0.6 is 0 Å². The van der Waals surface area contributed by atoms with E-state index in [9.17, 15) is 4.79 Å². The van der Waals surface area contributed by atoms with Gasteiger partial charge in [-0.3, -0.25) is 9.48 Å². The Labute approximate surface area is 130 Å². The van der Waals surface area contributed by atoms with Gasteiger partial charge in [-0.2, -0.15) is 5.10 Å². The third kappa shape index (κ3) is 3.02. The van der Waals surface area contributed by atoms with Gasteiger partial charge in [-0.1, -0.05) is 0 Å². The van der Waals surface area contributed by atoms with E-state index in [-0.39, 0.29) is 17.6 Å². The van der Waals surface area contributed by atoms with Crippen LogP contribution in [-0.2, 0) is 20.8 Å². The normalized spacial score (nSPS) is 23.5. The standard InChI is InChI=1S/C15H23N3O4/c1-20-8-6-18-5-3-13(16-18)14(19)17-10-15(11-17)9-12(21-2)4-7-22-15/h3,5,12H,4,6-11H2,1-2H3/t12-/m1/s1. The first-order valence-electron chi connectivity index (χ1n) is 7.64. The van der Waals surface area contributed by atoms with Crippen molar-refractivity contribution in [2.75, 3.05) is 40.5 Å². The minimum absolute atomic E-state index is 0.0371. The molecule has 2 aliphatic rings. The van der Waals surface area contributed by atoms with Gasteiger partial charge in [0.25, 0.3) is 5.91 Å². The van der Waals surface area contributed by atoms with Crippen LogP contribution in [0.25, 0.3) is 0 Å². The second kappa shape index (κ2) is 6.36. The minimum Gasteiger partial charge on any atom is -0.383 e. The molecule has 3 heterocycles. The lowest BCUT2D eigenvalue weighted by molar-refractivity contribution is -0.182. The number of ether oxygens (including phenoxy) is 3. The van der Waals surface area contributed by atoms with E-state index in [0.29, 0.717) is 38.5 Å². The molecule has 1 amide bonds. The average Bonchev–Trinajstić information content (AvgIpc) is 2.98. The number of nitrogens with zero attached hydrogens (tertiary/aromatic N) is 3. The Bertz CT molecular complexity index is 525. The average molecular weight is 309 g/mol. The molecule has 1 atom stereocenters. The highest BCUT2D eigenvalue weighted by Crippen LogP contribution is 2.35. The summed E-state index contributed by atoms with van der Waals surface area (Å²) < 4.78 is 18.1. The highest BCUT2D eigenvalue weighted by Gasteiger charge is 2.49. The van der Waals surface area contributed by atoms with E-state index in [1.54, 1.807) is 36.1 Å². The van der Waals surface area contributed by atoms with Gasteiger partial charge in [0.15, 0.2) is 0 Å². The largest absolute Gasteiger partial charge is 0.383 e. The third-order valence-corrected chi connectivity index (χ3v) is 4.41. The molecule has 1 spiro atoms. The Morgan fingerprint density at radius 3 is 3.05 bits per heavy atom. The molecule has 1 aromatic heterocycles. The molecule has 0 aliphatic carbocycles. The molecule has 2 saturated heterocycles. The molecule has 122 valence electrons. The van der Waals surface area contributed by atoms with Gasteiger partial charge in [0.05, 0.1) is 32.3 Å². The monoisotopic (exact) mass is 309 g/mol. The van der Waals surface area contributed by atoms with E-state index in [2.05, 4.69) is 5.10 Å². The van der Waals surface area contributed by atoms with E-state index < -0.39 is 0 Å². The smallest absolute Gasteiger partial charge is 0.274 e. The maximum Gasteiger partial charge on any atom is 0.274 e. The molecule has 2 aliphatic heterocycles. The van der Waals surface area contributed by atoms with Crippen molar-refractivity contribution in [3.8, 4) is 0 Å². The van der Waals surface area contributed by atoms with Crippen LogP contribution in [0.2, 0.25) is 0 Å². The third-order valence-electron chi connectivity index (χ3n) is 4.41. The van der Waals surface area contributed by atoms with Gasteiger partial charge in [-0.15, -0.1) is 0 Å². The summed E-state index contributed by atoms with van der Waals surface area (Å²) in [6, 6.07) is 1.75. The Hall–Kier alpha value is -1.44. The fourth-order valence-corrected chi connectivity index (χ4v) is 3.14. The van der Waals surface area contributed by atoms with Crippen molar-refractivity contribution in [3.05, 3.63) is 18.0 Å². The molecule has 0 bridgehead atoms. The molecule has 0 N–H and O–H groups in total. The Balaban J connectivity index is 1.55. The van der Waals surface area contributed by atoms with Gasteiger partial charge in [-0.25, -0.2) is 0 Å². The number of carbonyl (C=O) groups excluding carboxylic acids is 1. The van der Waals surface area contributed by atoms with Crippen molar-refractivity contribution in [1.82, 2.24) is 14.7 Å². The molecule has 0 unspecified atom stereocenters. The number of methoxy groups -OCH3 is 2. The lowest BCUT2D eigenvalue weighted by Crippen LogP contribution is -2.67. The predicted octanol–water partition coefficient (Wildman–Crippen LogP) is 0.549. The Morgan fingerprint density at radius 1 is 1.50 bits per heavy atom. The van der Waals surface area contributed by atoms with Gasteiger partial charge in [0.2, 0.25) is 0 Å². The van der Waals surface area contributed by atoms with Crippen LogP contribution in [-0.4, -0.2) is 72.8 Å². The molecule has 22 heavy (non-hydrogen) atoms. The first-order valence-corrected chi connectivity index (χ1v) is 7.64. The highest BCUT2D eigenvalue weighted by atomic mass is 16.5. The van der Waals surface area contributed by atoms with Crippen LogP contribution in [0, 0.1) is 0 Å². The lowest BCUT2D eigenvalue weighted by Gasteiger charge is -2.52. The Morgan fingerprint density at radius 2 is 2.32 bits per heavy atom. The number of aromatic nitrogens is 2. The number of rotatable bonds is 5. The van der Waals surface area contributed by atoms with E-state index >= 15 is 0 Å². The molecule has 2 fully saturated rings. The molecule has 0 radical (unpaired) electrons. The molecular formula is C15H23N3O4. The van der Waals surface area contributed by atoms with Gasteiger partial charge in [-0.05, 0) is 12.5 Å². The SMILES string of the molecule is COCCn1ccc(C(=O)N2CC3(C[C@H](OC)CCO3)C2)n1. The van der Waals surface area contributed by atoms with Crippen LogP contribution in [0.4, 0.5) is 0 Å². The van der Waals surface area contributed by atoms with Crippen molar-refractivity contribution in [3.63, 3.8) is 0 Å². The second-order valence-corrected chi connectivity index (χ2v) is 6.00. The van der Waals surface area contributed by atoms with Crippen LogP contribution in [0.15, 0.2) is 12.3 Å². The van der Waals surface area contributed by atoms with Crippen molar-refractivity contribution in [2.45, 2.75) is 31.1 Å². The molecule has 7 nitrogen and oxygen atoms in total. The van der Waals surface area contributed by atoms with Gasteiger partial charge >= 0.3 is 0 Å². The highest BCUT2D eigenvalue weighted by molar-refractivity contribution is 5.93. The van der Waals surface area contributed by atoms with E-state index in [1.165, 1.54) is 0 Å². The zero-order chi connectivity index (χ0) is 15.6. The van der Waals surface area contributed by atoms with Crippen molar-refractivity contribution in [2.24, 2.45) is 0 Å². The van der Waals surface area contributed by atoms with Crippen LogP contribution in [0.1, 0.15) is 23.3 Å². The second-order valence-electron chi connectivity index (χ2n) is 6.00. The number of amides is 1. The number of likely N-dealkylation sites (tertiary alicyclic amines) is 1. The first-order chi connectivity index (χ1) is 10.7. The molecule has 0 aromatic carbocycles. The van der Waals surface area contributed by atoms with E-state index in [1.807, 2.05) is 0 Å². The topological polar surface area (TPSA) is 65.8 Å². The summed E-state index contributed by atoms with van der Waals surface area (Å²) in [5.41, 5.74) is 0.262. The maximum absolute atomic E-state index is 12.4. The first kappa shape index (κ1) is 15.5. The fraction of sp³-hybridized carbons (Fsp3) is 0.733. The molecule has 1 aromatic rings. The number of hydrogen-bond donors (Lipinski definition) is 0. The molecule has 3 rings (SSSR count). The summed E-state index contributed by atoms with van der Waals surface area (Å²) in [6.45, 7) is 3.17. The summed E-state index contributed by atoms with van der Waals surface area (Å²) >= 11 is 0. The summed E-state index contributed by atoms with van der Waals surface area (Å²) in [7, 11) is 3.38. The summed E-state index contributed by atoms with van der Waals surface area (Å²) in [5.74, 6) is -0.0371. The van der Waals surface area contributed by atoms with E-state index in [0.717, 1.165) is 12.8 Å². The molecule has 0 saturated carbocycles. The van der Waals surface area contributed by atoms with Crippen LogP contribution in [0.3, 0.4) is 0 Å². The molecular weight excluding hydrogens is 286 g/mol. The van der Waals surface area contributed by atoms with Crippen LogP contribution < -0.4 is 0 Å².